The Morgan fingerprint density at radius 1 is 1.36 bits per heavy atom. The van der Waals surface area contributed by atoms with Crippen molar-refractivity contribution in [1.29, 1.82) is 0 Å². The molecule has 1 saturated carbocycles. The van der Waals surface area contributed by atoms with Crippen LogP contribution in [0.15, 0.2) is 24.3 Å². The van der Waals surface area contributed by atoms with Crippen LogP contribution in [-0.2, 0) is 22.5 Å². The number of esters is 1. The van der Waals surface area contributed by atoms with Crippen LogP contribution in [0.2, 0.25) is 0 Å². The number of benzene rings is 1. The van der Waals surface area contributed by atoms with Gasteiger partial charge >= 0.3 is 5.97 Å². The number of hydrogen-bond donors (Lipinski definition) is 0. The highest BCUT2D eigenvalue weighted by atomic mass is 16.5. The third-order valence-corrected chi connectivity index (χ3v) is 4.52. The first kappa shape index (κ1) is 15.1. The lowest BCUT2D eigenvalue weighted by atomic mass is 9.89. The van der Waals surface area contributed by atoms with Crippen molar-refractivity contribution in [2.45, 2.75) is 58.6 Å². The van der Waals surface area contributed by atoms with Gasteiger partial charge in [0.2, 0.25) is 0 Å². The summed E-state index contributed by atoms with van der Waals surface area (Å²) in [4.78, 5) is 16.9. The Morgan fingerprint density at radius 3 is 2.95 bits per heavy atom. The van der Waals surface area contributed by atoms with E-state index < -0.39 is 0 Å². The highest BCUT2D eigenvalue weighted by Gasteiger charge is 2.23. The lowest BCUT2D eigenvalue weighted by molar-refractivity contribution is -0.151. The Kier molecular flexibility index (Phi) is 4.46. The monoisotopic (exact) mass is 300 g/mol. The molecule has 0 saturated heterocycles. The molecule has 1 aliphatic carbocycles. The summed E-state index contributed by atoms with van der Waals surface area (Å²) in [5.74, 6) is 1.46. The topological polar surface area (TPSA) is 44.1 Å². The van der Waals surface area contributed by atoms with Gasteiger partial charge in [0.05, 0.1) is 11.0 Å². The lowest BCUT2D eigenvalue weighted by Gasteiger charge is -2.26. The van der Waals surface area contributed by atoms with E-state index in [2.05, 4.69) is 18.8 Å². The summed E-state index contributed by atoms with van der Waals surface area (Å²) in [5.41, 5.74) is 1.95. The molecule has 1 aliphatic rings. The number of nitrogens with zero attached hydrogens (tertiary/aromatic N) is 2. The van der Waals surface area contributed by atoms with Crippen LogP contribution in [0.1, 0.15) is 45.4 Å². The van der Waals surface area contributed by atoms with Gasteiger partial charge in [-0.1, -0.05) is 32.4 Å². The number of rotatable bonds is 4. The molecule has 0 amide bonds. The van der Waals surface area contributed by atoms with Crippen LogP contribution < -0.4 is 0 Å². The van der Waals surface area contributed by atoms with Gasteiger partial charge in [0.25, 0.3) is 0 Å². The molecule has 0 bridgehead atoms. The Labute approximate surface area is 131 Å². The minimum Gasteiger partial charge on any atom is -0.461 e. The molecule has 2 atom stereocenters. The zero-order valence-electron chi connectivity index (χ0n) is 13.4. The van der Waals surface area contributed by atoms with Crippen molar-refractivity contribution in [2.24, 2.45) is 5.92 Å². The molecule has 0 spiro atoms. The summed E-state index contributed by atoms with van der Waals surface area (Å²) >= 11 is 0. The number of carbonyl (C=O) groups is 1. The molecule has 118 valence electrons. The molecule has 1 aromatic carbocycles. The quantitative estimate of drug-likeness (QED) is 0.808. The van der Waals surface area contributed by atoms with Crippen molar-refractivity contribution in [2.75, 3.05) is 0 Å². The van der Waals surface area contributed by atoms with Gasteiger partial charge in [-0.3, -0.25) is 4.79 Å². The second-order valence-corrected chi connectivity index (χ2v) is 6.34. The van der Waals surface area contributed by atoms with Crippen LogP contribution in [0.4, 0.5) is 0 Å². The lowest BCUT2D eigenvalue weighted by Crippen LogP contribution is -2.26. The number of para-hydroxylation sites is 2. The number of fused-ring (bicyclic) bond motifs is 1. The van der Waals surface area contributed by atoms with Gasteiger partial charge < -0.3 is 9.30 Å². The predicted molar refractivity (Wildman–Crippen MR) is 86.6 cm³/mol. The van der Waals surface area contributed by atoms with Crippen LogP contribution in [0, 0.1) is 5.92 Å². The Bertz CT molecular complexity index is 662. The molecular weight excluding hydrogens is 276 g/mol. The van der Waals surface area contributed by atoms with E-state index in [1.54, 1.807) is 0 Å². The van der Waals surface area contributed by atoms with E-state index in [1.807, 2.05) is 28.8 Å². The number of hydrogen-bond acceptors (Lipinski definition) is 3. The summed E-state index contributed by atoms with van der Waals surface area (Å²) in [6.07, 6.45) is 5.31. The van der Waals surface area contributed by atoms with Gasteiger partial charge in [-0.05, 0) is 37.3 Å². The van der Waals surface area contributed by atoms with Crippen molar-refractivity contribution in [3.63, 3.8) is 0 Å². The molecule has 0 N–H and O–H groups in total. The molecule has 2 aromatic rings. The van der Waals surface area contributed by atoms with Crippen molar-refractivity contribution >= 4 is 17.0 Å². The molecule has 22 heavy (non-hydrogen) atoms. The predicted octanol–water partition coefficient (Wildman–Crippen LogP) is 3.72. The molecule has 4 nitrogen and oxygen atoms in total. The van der Waals surface area contributed by atoms with Crippen LogP contribution >= 0.6 is 0 Å². The van der Waals surface area contributed by atoms with Gasteiger partial charge in [-0.25, -0.2) is 4.98 Å². The largest absolute Gasteiger partial charge is 0.461 e. The maximum Gasteiger partial charge on any atom is 0.326 e. The van der Waals surface area contributed by atoms with Crippen LogP contribution in [0.5, 0.6) is 0 Å². The maximum atomic E-state index is 12.3. The van der Waals surface area contributed by atoms with Gasteiger partial charge in [0, 0.05) is 6.42 Å². The third-order valence-electron chi connectivity index (χ3n) is 4.52. The summed E-state index contributed by atoms with van der Waals surface area (Å²) in [6.45, 7) is 4.55. The fraction of sp³-hybridized carbons (Fsp3) is 0.556. The standard InChI is InChI=1S/C18H24N2O2/c1-3-17-19-15-9-4-5-10-16(15)20(17)12-18(21)22-14-8-6-7-13(2)11-14/h4-5,9-10,13-14H,3,6-8,11-12H2,1-2H3/t13-,14?/m1/s1. The first-order chi connectivity index (χ1) is 10.7. The number of ether oxygens (including phenoxy) is 1. The molecular formula is C18H24N2O2. The van der Waals surface area contributed by atoms with Crippen molar-refractivity contribution < 1.29 is 9.53 Å². The minimum atomic E-state index is -0.142. The number of imidazole rings is 1. The van der Waals surface area contributed by atoms with Gasteiger partial charge in [-0.15, -0.1) is 0 Å². The summed E-state index contributed by atoms with van der Waals surface area (Å²) in [5, 5.41) is 0. The molecule has 0 radical (unpaired) electrons. The van der Waals surface area contributed by atoms with E-state index in [-0.39, 0.29) is 18.6 Å². The smallest absolute Gasteiger partial charge is 0.326 e. The van der Waals surface area contributed by atoms with Crippen molar-refractivity contribution in [3.05, 3.63) is 30.1 Å². The third kappa shape index (κ3) is 3.16. The summed E-state index contributed by atoms with van der Waals surface area (Å²) in [6, 6.07) is 7.95. The zero-order valence-corrected chi connectivity index (χ0v) is 13.4. The average Bonchev–Trinajstić information content (AvgIpc) is 2.85. The minimum absolute atomic E-state index is 0.0936. The van der Waals surface area contributed by atoms with E-state index >= 15 is 0 Å². The first-order valence-corrected chi connectivity index (χ1v) is 8.31. The Morgan fingerprint density at radius 2 is 2.18 bits per heavy atom. The molecule has 3 rings (SSSR count). The molecule has 1 aromatic heterocycles. The van der Waals surface area contributed by atoms with Crippen LogP contribution in [0.25, 0.3) is 11.0 Å². The first-order valence-electron chi connectivity index (χ1n) is 8.31. The second kappa shape index (κ2) is 6.51. The zero-order chi connectivity index (χ0) is 15.5. The molecule has 4 heteroatoms. The van der Waals surface area contributed by atoms with Crippen LogP contribution in [-0.4, -0.2) is 21.6 Å². The number of carbonyl (C=O) groups excluding carboxylic acids is 1. The van der Waals surface area contributed by atoms with Gasteiger partial charge in [0.1, 0.15) is 18.5 Å². The normalized spacial score (nSPS) is 21.9. The van der Waals surface area contributed by atoms with E-state index in [9.17, 15) is 4.79 Å². The number of aryl methyl sites for hydroxylation is 1. The van der Waals surface area contributed by atoms with Crippen LogP contribution in [0.3, 0.4) is 0 Å². The second-order valence-electron chi connectivity index (χ2n) is 6.34. The van der Waals surface area contributed by atoms with Crippen molar-refractivity contribution in [1.82, 2.24) is 9.55 Å². The molecule has 1 unspecified atom stereocenters. The summed E-state index contributed by atoms with van der Waals surface area (Å²) in [7, 11) is 0. The van der Waals surface area contributed by atoms with Gasteiger partial charge in [0.15, 0.2) is 0 Å². The molecule has 1 fully saturated rings. The average molecular weight is 300 g/mol. The van der Waals surface area contributed by atoms with Crippen molar-refractivity contribution in [3.8, 4) is 0 Å². The fourth-order valence-corrected chi connectivity index (χ4v) is 3.41. The summed E-state index contributed by atoms with van der Waals surface area (Å²) < 4.78 is 7.69. The molecule has 0 aliphatic heterocycles. The Hall–Kier alpha value is -1.84. The maximum absolute atomic E-state index is 12.3. The highest BCUT2D eigenvalue weighted by Crippen LogP contribution is 2.26. The van der Waals surface area contributed by atoms with E-state index in [0.29, 0.717) is 5.92 Å². The van der Waals surface area contributed by atoms with Gasteiger partial charge in [-0.2, -0.15) is 0 Å². The molecule has 1 heterocycles. The Balaban J connectivity index is 1.73. The van der Waals surface area contributed by atoms with E-state index in [4.69, 9.17) is 4.74 Å². The number of aromatic nitrogens is 2. The van der Waals surface area contributed by atoms with E-state index in [0.717, 1.165) is 42.5 Å². The fourth-order valence-electron chi connectivity index (χ4n) is 3.41. The van der Waals surface area contributed by atoms with E-state index in [1.165, 1.54) is 6.42 Å². The SMILES string of the molecule is CCc1nc2ccccc2n1CC(=O)OC1CCC[C@@H](C)C1. The highest BCUT2D eigenvalue weighted by molar-refractivity contribution is 5.79.